The van der Waals surface area contributed by atoms with Crippen LogP contribution >= 0.6 is 11.6 Å². The van der Waals surface area contributed by atoms with Crippen LogP contribution in [0.25, 0.3) is 0 Å². The van der Waals surface area contributed by atoms with E-state index in [0.29, 0.717) is 5.02 Å². The molecular formula is C25H27ClF3N3O8S2. The summed E-state index contributed by atoms with van der Waals surface area (Å²) in [4.78, 5) is 40.2. The second-order valence-electron chi connectivity index (χ2n) is 10.9. The number of carbonyl (C=O) groups excluding carboxylic acids is 2. The van der Waals surface area contributed by atoms with Gasteiger partial charge in [-0.1, -0.05) is 28.1 Å². The molecular weight excluding hydrogens is 627 g/mol. The van der Waals surface area contributed by atoms with E-state index < -0.39 is 65.0 Å². The highest BCUT2D eigenvalue weighted by Gasteiger charge is 2.64. The summed E-state index contributed by atoms with van der Waals surface area (Å²) in [6, 6.07) is 9.16. The zero-order valence-electron chi connectivity index (χ0n) is 22.4. The van der Waals surface area contributed by atoms with Gasteiger partial charge in [0, 0.05) is 37.6 Å². The number of rotatable bonds is 11. The molecule has 2 amide bonds. The molecule has 11 nitrogen and oxygen atoms in total. The molecule has 0 spiro atoms. The summed E-state index contributed by atoms with van der Waals surface area (Å²) in [7, 11) is -10.5. The van der Waals surface area contributed by atoms with Crippen molar-refractivity contribution < 1.29 is 44.1 Å². The maximum atomic E-state index is 14.3. The molecule has 0 radical (unpaired) electrons. The summed E-state index contributed by atoms with van der Waals surface area (Å²) in [5.74, 6) is -1.37. The number of amides is 2. The minimum absolute atomic E-state index is 0.0139. The van der Waals surface area contributed by atoms with E-state index >= 15 is 0 Å². The van der Waals surface area contributed by atoms with Crippen molar-refractivity contribution in [1.82, 2.24) is 14.8 Å². The number of nitrogens with one attached hydrogen (secondary N) is 1. The van der Waals surface area contributed by atoms with Crippen LogP contribution in [0, 0.1) is 0 Å². The van der Waals surface area contributed by atoms with E-state index in [2.05, 4.69) is 9.70 Å². The average molecular weight is 654 g/mol. The van der Waals surface area contributed by atoms with E-state index in [1.807, 2.05) is 0 Å². The van der Waals surface area contributed by atoms with Gasteiger partial charge in [-0.25, -0.2) is 8.42 Å². The first kappa shape index (κ1) is 32.0. The maximum Gasteiger partial charge on any atom is 0.374 e. The third-order valence-electron chi connectivity index (χ3n) is 7.55. The fourth-order valence-corrected chi connectivity index (χ4v) is 8.34. The van der Waals surface area contributed by atoms with Gasteiger partial charge >= 0.3 is 15.4 Å². The van der Waals surface area contributed by atoms with Crippen molar-refractivity contribution in [3.8, 4) is 0 Å². The number of benzene rings is 1. The molecule has 1 aliphatic heterocycles. The molecule has 1 N–H and O–H groups in total. The molecule has 0 bridgehead atoms. The fraction of sp³-hybridized carbons (Fsp3) is 0.480. The normalized spacial score (nSPS) is 17.1. The number of hydrogen-bond donors (Lipinski definition) is 1. The van der Waals surface area contributed by atoms with E-state index in [0.717, 1.165) is 24.0 Å². The van der Waals surface area contributed by atoms with Gasteiger partial charge in [-0.2, -0.15) is 17.2 Å². The molecule has 230 valence electrons. The lowest BCUT2D eigenvalue weighted by atomic mass is 10.1. The van der Waals surface area contributed by atoms with E-state index in [4.69, 9.17) is 11.6 Å². The van der Waals surface area contributed by atoms with Crippen LogP contribution in [0.3, 0.4) is 0 Å². The molecule has 42 heavy (non-hydrogen) atoms. The topological polar surface area (TPSA) is 149 Å². The first-order valence-corrected chi connectivity index (χ1v) is 15.9. The summed E-state index contributed by atoms with van der Waals surface area (Å²) in [6.45, 7) is 1.34. The predicted octanol–water partition coefficient (Wildman–Crippen LogP) is 2.83. The highest BCUT2D eigenvalue weighted by molar-refractivity contribution is 7.94. The number of hydrogen-bond acceptors (Lipinski definition) is 8. The first-order chi connectivity index (χ1) is 19.4. The quantitative estimate of drug-likeness (QED) is 0.389. The Morgan fingerprint density at radius 1 is 1.05 bits per heavy atom. The fourth-order valence-electron chi connectivity index (χ4n) is 4.99. The average Bonchev–Trinajstić information content (AvgIpc) is 3.70. The Morgan fingerprint density at radius 3 is 2.24 bits per heavy atom. The van der Waals surface area contributed by atoms with Crippen LogP contribution in [0.5, 0.6) is 0 Å². The number of sulfone groups is 1. The van der Waals surface area contributed by atoms with E-state index in [1.165, 1.54) is 17.0 Å². The van der Waals surface area contributed by atoms with Crippen molar-refractivity contribution in [1.29, 1.82) is 0 Å². The van der Waals surface area contributed by atoms with E-state index in [1.54, 1.807) is 24.3 Å². The SMILES string of the molecule is CC(C)(CC(F)(F)S(=O)(=O)OF)S(=O)(=O)C1(CN2CCn3c(ccc(C(=O)NCc4ccc(Cl)cc4)c3=O)C2=O)CC1. The van der Waals surface area contributed by atoms with Gasteiger partial charge < -0.3 is 14.8 Å². The molecule has 0 saturated heterocycles. The minimum Gasteiger partial charge on any atom is -0.348 e. The zero-order chi connectivity index (χ0) is 31.3. The van der Waals surface area contributed by atoms with Gasteiger partial charge in [-0.15, -0.1) is 0 Å². The smallest absolute Gasteiger partial charge is 0.348 e. The number of pyridine rings is 1. The first-order valence-electron chi connectivity index (χ1n) is 12.6. The van der Waals surface area contributed by atoms with Gasteiger partial charge in [0.2, 0.25) is 0 Å². The summed E-state index contributed by atoms with van der Waals surface area (Å²) < 4.78 is 90.0. The standard InChI is InChI=1S/C25H27ClF3N3O8S2/c1-23(2,14-25(27,28)42(38,39)40-29)41(36,37)24(9-10-24)15-31-11-12-32-19(22(31)35)8-7-18(21(32)34)20(33)30-13-16-3-5-17(26)6-4-16/h3-8H,9-15H2,1-2H3,(H,30,33). The van der Waals surface area contributed by atoms with Gasteiger partial charge in [-0.05, 0) is 61.0 Å². The highest BCUT2D eigenvalue weighted by Crippen LogP contribution is 2.51. The van der Waals surface area contributed by atoms with Crippen LogP contribution in [0.4, 0.5) is 13.3 Å². The number of aromatic nitrogens is 1. The molecule has 17 heteroatoms. The number of halogens is 4. The van der Waals surface area contributed by atoms with Gasteiger partial charge in [0.05, 0.1) is 9.49 Å². The Kier molecular flexibility index (Phi) is 8.34. The molecule has 2 aromatic rings. The summed E-state index contributed by atoms with van der Waals surface area (Å²) in [6.07, 6.45) is -1.74. The van der Waals surface area contributed by atoms with Gasteiger partial charge in [-0.3, -0.25) is 14.4 Å². The zero-order valence-corrected chi connectivity index (χ0v) is 24.8. The lowest BCUT2D eigenvalue weighted by Crippen LogP contribution is -2.53. The largest absolute Gasteiger partial charge is 0.374 e. The van der Waals surface area contributed by atoms with Crippen LogP contribution < -0.4 is 10.9 Å². The molecule has 1 saturated carbocycles. The molecule has 1 aromatic heterocycles. The van der Waals surface area contributed by atoms with Crippen LogP contribution in [0.1, 0.15) is 59.5 Å². The van der Waals surface area contributed by atoms with E-state index in [-0.39, 0.29) is 43.7 Å². The van der Waals surface area contributed by atoms with Gasteiger partial charge in [0.25, 0.3) is 17.4 Å². The summed E-state index contributed by atoms with van der Waals surface area (Å²) in [5, 5.41) is -1.69. The van der Waals surface area contributed by atoms with Crippen molar-refractivity contribution in [2.45, 2.75) is 60.9 Å². The Hall–Kier alpha value is -2.95. The predicted molar refractivity (Wildman–Crippen MR) is 145 cm³/mol. The third-order valence-corrected chi connectivity index (χ3v) is 12.1. The Balaban J connectivity index is 1.50. The third kappa shape index (κ3) is 5.68. The van der Waals surface area contributed by atoms with Crippen molar-refractivity contribution in [3.63, 3.8) is 0 Å². The van der Waals surface area contributed by atoms with Crippen LogP contribution in [-0.4, -0.2) is 66.0 Å². The van der Waals surface area contributed by atoms with E-state index in [9.17, 15) is 44.5 Å². The van der Waals surface area contributed by atoms with Gasteiger partial charge in [0.1, 0.15) is 11.3 Å². The molecule has 4 rings (SSSR count). The van der Waals surface area contributed by atoms with Crippen molar-refractivity contribution in [2.24, 2.45) is 0 Å². The van der Waals surface area contributed by atoms with Crippen LogP contribution in [0.2, 0.25) is 5.02 Å². The highest BCUT2D eigenvalue weighted by atomic mass is 35.5. The summed E-state index contributed by atoms with van der Waals surface area (Å²) >= 11 is 5.85. The van der Waals surface area contributed by atoms with Crippen LogP contribution in [-0.2, 0) is 37.4 Å². The monoisotopic (exact) mass is 653 g/mol. The maximum absolute atomic E-state index is 14.3. The number of nitrogens with zero attached hydrogens (tertiary/aromatic N) is 2. The van der Waals surface area contributed by atoms with Crippen LogP contribution in [0.15, 0.2) is 41.2 Å². The number of carbonyl (C=O) groups is 2. The molecule has 1 aliphatic carbocycles. The number of alkyl halides is 2. The van der Waals surface area contributed by atoms with Crippen molar-refractivity contribution >= 4 is 43.4 Å². The molecule has 2 heterocycles. The number of fused-ring (bicyclic) bond motifs is 1. The Bertz CT molecular complexity index is 1690. The molecule has 1 fully saturated rings. The van der Waals surface area contributed by atoms with Crippen molar-refractivity contribution in [2.75, 3.05) is 13.1 Å². The second-order valence-corrected chi connectivity index (χ2v) is 15.9. The second kappa shape index (κ2) is 11.0. The van der Waals surface area contributed by atoms with Gasteiger partial charge in [0.15, 0.2) is 9.84 Å². The Morgan fingerprint density at radius 2 is 1.67 bits per heavy atom. The summed E-state index contributed by atoms with van der Waals surface area (Å²) in [5.41, 5.74) is -0.275. The Labute approximate surface area is 244 Å². The molecule has 2 aliphatic rings. The lowest BCUT2D eigenvalue weighted by molar-refractivity contribution is -0.0314. The molecule has 0 unspecified atom stereocenters. The van der Waals surface area contributed by atoms with Crippen molar-refractivity contribution in [3.05, 3.63) is 68.6 Å². The molecule has 1 aromatic carbocycles. The minimum atomic E-state index is -6.01. The lowest BCUT2D eigenvalue weighted by Gasteiger charge is -2.36. The molecule has 0 atom stereocenters.